The molecule has 1 saturated carbocycles. The van der Waals surface area contributed by atoms with Crippen molar-refractivity contribution < 1.29 is 19.4 Å². The number of benzene rings is 1. The number of likely N-dealkylation sites (N-methyl/N-ethyl adjacent to an activating group) is 1. The number of aryl methyl sites for hydroxylation is 1. The van der Waals surface area contributed by atoms with Gasteiger partial charge in [-0.15, -0.1) is 0 Å². The minimum Gasteiger partial charge on any atom is -0.495 e. The number of nitrogens with zero attached hydrogens (tertiary/aromatic N) is 1. The molecule has 0 atom stereocenters. The Hall–Kier alpha value is -2.28. The van der Waals surface area contributed by atoms with Crippen molar-refractivity contribution in [3.8, 4) is 5.75 Å². The summed E-state index contributed by atoms with van der Waals surface area (Å²) in [6.07, 6.45) is 1.53. The van der Waals surface area contributed by atoms with Crippen LogP contribution < -0.4 is 15.4 Å². The molecule has 1 aromatic rings. The van der Waals surface area contributed by atoms with Crippen LogP contribution in [0.1, 0.15) is 25.3 Å². The fraction of sp³-hybridized carbons (Fsp3) is 0.529. The Balaban J connectivity index is 1.84. The SMILES string of the molecule is CCN(CC(=O)O)C1CC(NC(=O)Nc2c(C)cccc2OC)C1. The van der Waals surface area contributed by atoms with E-state index in [-0.39, 0.29) is 24.7 Å². The number of hydrogen-bond acceptors (Lipinski definition) is 4. The Morgan fingerprint density at radius 3 is 2.67 bits per heavy atom. The van der Waals surface area contributed by atoms with Crippen LogP contribution in [0.15, 0.2) is 18.2 Å². The van der Waals surface area contributed by atoms with E-state index in [4.69, 9.17) is 9.84 Å². The second kappa shape index (κ2) is 8.01. The van der Waals surface area contributed by atoms with Gasteiger partial charge in [-0.1, -0.05) is 19.1 Å². The van der Waals surface area contributed by atoms with E-state index in [1.165, 1.54) is 0 Å². The van der Waals surface area contributed by atoms with Crippen LogP contribution in [0.4, 0.5) is 10.5 Å². The van der Waals surface area contributed by atoms with Gasteiger partial charge in [-0.25, -0.2) is 4.79 Å². The normalized spacial score (nSPS) is 19.5. The molecule has 132 valence electrons. The molecule has 0 saturated heterocycles. The van der Waals surface area contributed by atoms with E-state index in [0.717, 1.165) is 18.4 Å². The number of amides is 2. The summed E-state index contributed by atoms with van der Waals surface area (Å²) in [6, 6.07) is 5.58. The van der Waals surface area contributed by atoms with Crippen LogP contribution in [0.2, 0.25) is 0 Å². The third-order valence-electron chi connectivity index (χ3n) is 4.40. The van der Waals surface area contributed by atoms with E-state index >= 15 is 0 Å². The van der Waals surface area contributed by atoms with Crippen molar-refractivity contribution in [2.45, 2.75) is 38.8 Å². The quantitative estimate of drug-likeness (QED) is 0.709. The number of carbonyl (C=O) groups is 2. The smallest absolute Gasteiger partial charge is 0.319 e. The molecule has 0 radical (unpaired) electrons. The van der Waals surface area contributed by atoms with Gasteiger partial charge >= 0.3 is 12.0 Å². The highest BCUT2D eigenvalue weighted by Crippen LogP contribution is 2.28. The second-order valence-corrected chi connectivity index (χ2v) is 6.03. The number of aliphatic carboxylic acids is 1. The molecule has 0 bridgehead atoms. The van der Waals surface area contributed by atoms with Crippen LogP contribution in [-0.2, 0) is 4.79 Å². The minimum atomic E-state index is -0.822. The van der Waals surface area contributed by atoms with Gasteiger partial charge < -0.3 is 20.5 Å². The van der Waals surface area contributed by atoms with Crippen molar-refractivity contribution in [2.75, 3.05) is 25.5 Å². The zero-order chi connectivity index (χ0) is 17.7. The Morgan fingerprint density at radius 1 is 1.38 bits per heavy atom. The summed E-state index contributed by atoms with van der Waals surface area (Å²) < 4.78 is 5.27. The number of methoxy groups -OCH3 is 1. The van der Waals surface area contributed by atoms with Gasteiger partial charge in [0.15, 0.2) is 0 Å². The van der Waals surface area contributed by atoms with Crippen molar-refractivity contribution in [3.63, 3.8) is 0 Å². The largest absolute Gasteiger partial charge is 0.495 e. The van der Waals surface area contributed by atoms with Gasteiger partial charge in [-0.3, -0.25) is 9.69 Å². The third-order valence-corrected chi connectivity index (χ3v) is 4.40. The highest BCUT2D eigenvalue weighted by molar-refractivity contribution is 5.92. The monoisotopic (exact) mass is 335 g/mol. The van der Waals surface area contributed by atoms with Crippen LogP contribution in [0.3, 0.4) is 0 Å². The van der Waals surface area contributed by atoms with Gasteiger partial charge in [0.05, 0.1) is 19.3 Å². The molecular formula is C17H25N3O4. The molecule has 1 aromatic carbocycles. The van der Waals surface area contributed by atoms with Crippen LogP contribution >= 0.6 is 0 Å². The highest BCUT2D eigenvalue weighted by atomic mass is 16.5. The number of nitrogens with one attached hydrogen (secondary N) is 2. The summed E-state index contributed by atoms with van der Waals surface area (Å²) in [5.74, 6) is -0.201. The summed E-state index contributed by atoms with van der Waals surface area (Å²) >= 11 is 0. The lowest BCUT2D eigenvalue weighted by atomic mass is 9.85. The Labute approximate surface area is 142 Å². The molecule has 1 aliphatic rings. The van der Waals surface area contributed by atoms with Crippen molar-refractivity contribution >= 4 is 17.7 Å². The van der Waals surface area contributed by atoms with Gasteiger partial charge in [0.1, 0.15) is 5.75 Å². The van der Waals surface area contributed by atoms with Crippen molar-refractivity contribution in [2.24, 2.45) is 0 Å². The molecule has 7 heteroatoms. The van der Waals surface area contributed by atoms with E-state index in [1.807, 2.05) is 30.9 Å². The second-order valence-electron chi connectivity index (χ2n) is 6.03. The van der Waals surface area contributed by atoms with Gasteiger partial charge in [-0.05, 0) is 37.9 Å². The number of hydrogen-bond donors (Lipinski definition) is 3. The molecule has 1 fully saturated rings. The number of para-hydroxylation sites is 1. The summed E-state index contributed by atoms with van der Waals surface area (Å²) in [5.41, 5.74) is 1.59. The topological polar surface area (TPSA) is 90.9 Å². The maximum atomic E-state index is 12.2. The lowest BCUT2D eigenvalue weighted by molar-refractivity contribution is -0.139. The summed E-state index contributed by atoms with van der Waals surface area (Å²) in [6.45, 7) is 4.58. The molecule has 2 rings (SSSR count). The van der Waals surface area contributed by atoms with Crippen LogP contribution in [0.5, 0.6) is 5.75 Å². The van der Waals surface area contributed by atoms with E-state index in [0.29, 0.717) is 18.0 Å². The van der Waals surface area contributed by atoms with Gasteiger partial charge in [0.25, 0.3) is 0 Å². The standard InChI is InChI=1S/C17H25N3O4/c1-4-20(10-15(21)22)13-8-12(9-13)18-17(23)19-16-11(2)6-5-7-14(16)24-3/h5-7,12-13H,4,8-10H2,1-3H3,(H,21,22)(H2,18,19,23). The molecular weight excluding hydrogens is 310 g/mol. The fourth-order valence-electron chi connectivity index (χ4n) is 2.98. The zero-order valence-electron chi connectivity index (χ0n) is 14.3. The number of ether oxygens (including phenoxy) is 1. The first-order chi connectivity index (χ1) is 11.4. The number of carboxylic acid groups (broad SMARTS) is 1. The van der Waals surface area contributed by atoms with Crippen LogP contribution in [0.25, 0.3) is 0 Å². The van der Waals surface area contributed by atoms with Crippen molar-refractivity contribution in [3.05, 3.63) is 23.8 Å². The first kappa shape index (κ1) is 18.1. The van der Waals surface area contributed by atoms with Gasteiger partial charge in [-0.2, -0.15) is 0 Å². The Bertz CT molecular complexity index is 599. The van der Waals surface area contributed by atoms with E-state index < -0.39 is 5.97 Å². The number of anilines is 1. The maximum absolute atomic E-state index is 12.2. The molecule has 0 unspecified atom stereocenters. The molecule has 24 heavy (non-hydrogen) atoms. The van der Waals surface area contributed by atoms with E-state index in [1.54, 1.807) is 13.2 Å². The number of rotatable bonds is 7. The zero-order valence-corrected chi connectivity index (χ0v) is 14.3. The summed E-state index contributed by atoms with van der Waals surface area (Å²) in [7, 11) is 1.57. The van der Waals surface area contributed by atoms with E-state index in [9.17, 15) is 9.59 Å². The van der Waals surface area contributed by atoms with Crippen LogP contribution in [0, 0.1) is 6.92 Å². The molecule has 1 aliphatic carbocycles. The predicted molar refractivity (Wildman–Crippen MR) is 91.6 cm³/mol. The van der Waals surface area contributed by atoms with Crippen molar-refractivity contribution in [1.29, 1.82) is 0 Å². The first-order valence-electron chi connectivity index (χ1n) is 8.11. The predicted octanol–water partition coefficient (Wildman–Crippen LogP) is 2.06. The summed E-state index contributed by atoms with van der Waals surface area (Å²) in [4.78, 5) is 24.9. The van der Waals surface area contributed by atoms with Crippen molar-refractivity contribution in [1.82, 2.24) is 10.2 Å². The van der Waals surface area contributed by atoms with Crippen LogP contribution in [-0.4, -0.2) is 54.3 Å². The summed E-state index contributed by atoms with van der Waals surface area (Å²) in [5, 5.41) is 14.7. The third kappa shape index (κ3) is 4.38. The lowest BCUT2D eigenvalue weighted by Crippen LogP contribution is -2.55. The molecule has 2 amide bonds. The average molecular weight is 335 g/mol. The molecule has 7 nitrogen and oxygen atoms in total. The first-order valence-corrected chi connectivity index (χ1v) is 8.11. The molecule has 0 aliphatic heterocycles. The minimum absolute atomic E-state index is 0.0422. The molecule has 3 N–H and O–H groups in total. The lowest BCUT2D eigenvalue weighted by Gasteiger charge is -2.42. The fourth-order valence-corrected chi connectivity index (χ4v) is 2.98. The van der Waals surface area contributed by atoms with Gasteiger partial charge in [0, 0.05) is 12.1 Å². The number of urea groups is 1. The maximum Gasteiger partial charge on any atom is 0.319 e. The van der Waals surface area contributed by atoms with E-state index in [2.05, 4.69) is 10.6 Å². The molecule has 0 spiro atoms. The van der Waals surface area contributed by atoms with Gasteiger partial charge in [0.2, 0.25) is 0 Å². The molecule has 0 heterocycles. The Morgan fingerprint density at radius 2 is 2.08 bits per heavy atom. The average Bonchev–Trinajstić information content (AvgIpc) is 2.50. The number of carbonyl (C=O) groups excluding carboxylic acids is 1. The Kier molecular flexibility index (Phi) is 6.03. The number of carboxylic acids is 1. The molecule has 0 aromatic heterocycles. The highest BCUT2D eigenvalue weighted by Gasteiger charge is 2.34.